The molecule has 0 amide bonds. The lowest BCUT2D eigenvalue weighted by Crippen LogP contribution is -2.57. The fourth-order valence-corrected chi connectivity index (χ4v) is 5.64. The molecule has 0 spiro atoms. The number of hydrogen-bond acceptors (Lipinski definition) is 5. The number of halogens is 1. The number of aliphatic carboxylic acids is 1. The minimum atomic E-state index is -0.788. The van der Waals surface area contributed by atoms with Crippen LogP contribution in [0.15, 0.2) is 15.9 Å². The van der Waals surface area contributed by atoms with Gasteiger partial charge in [0, 0.05) is 46.8 Å². The van der Waals surface area contributed by atoms with Gasteiger partial charge in [0.15, 0.2) is 0 Å². The number of carbonyl (C=O) groups is 1. The van der Waals surface area contributed by atoms with Crippen LogP contribution < -0.4 is 5.32 Å². The molecule has 134 valence electrons. The molecular weight excluding hydrogens is 392 g/mol. The topological polar surface area (TPSA) is 72.8 Å². The molecule has 0 aromatic carbocycles. The van der Waals surface area contributed by atoms with Crippen LogP contribution in [0.5, 0.6) is 0 Å². The number of carboxylic acid groups (broad SMARTS) is 1. The van der Waals surface area contributed by atoms with Gasteiger partial charge in [-0.05, 0) is 34.8 Å². The SMILES string of the molecule is O=C(O)C1CNCCN1CC(c1cc(Br)cs1)C1(O)CCCCC1. The summed E-state index contributed by atoms with van der Waals surface area (Å²) >= 11 is 5.16. The second-order valence-electron chi connectivity index (χ2n) is 6.94. The van der Waals surface area contributed by atoms with Gasteiger partial charge in [0.2, 0.25) is 0 Å². The number of rotatable bonds is 5. The maximum atomic E-state index is 11.6. The minimum absolute atomic E-state index is 0.0333. The number of hydrogen-bond donors (Lipinski definition) is 3. The summed E-state index contributed by atoms with van der Waals surface area (Å²) in [5.41, 5.74) is -0.726. The van der Waals surface area contributed by atoms with Crippen LogP contribution in [0.25, 0.3) is 0 Å². The summed E-state index contributed by atoms with van der Waals surface area (Å²) in [6, 6.07) is 1.57. The number of aliphatic hydroxyl groups is 1. The van der Waals surface area contributed by atoms with Gasteiger partial charge >= 0.3 is 5.97 Å². The maximum absolute atomic E-state index is 11.6. The maximum Gasteiger partial charge on any atom is 0.322 e. The summed E-state index contributed by atoms with van der Waals surface area (Å²) in [7, 11) is 0. The van der Waals surface area contributed by atoms with E-state index in [4.69, 9.17) is 0 Å². The Labute approximate surface area is 155 Å². The van der Waals surface area contributed by atoms with E-state index in [1.807, 2.05) is 10.3 Å². The molecule has 2 aliphatic rings. The van der Waals surface area contributed by atoms with Crippen LogP contribution in [0.2, 0.25) is 0 Å². The molecule has 2 atom stereocenters. The van der Waals surface area contributed by atoms with Crippen molar-refractivity contribution in [1.82, 2.24) is 10.2 Å². The van der Waals surface area contributed by atoms with E-state index in [1.165, 1.54) is 6.42 Å². The highest BCUT2D eigenvalue weighted by Gasteiger charge is 2.42. The molecule has 3 rings (SSSR count). The van der Waals surface area contributed by atoms with Crippen molar-refractivity contribution in [3.8, 4) is 0 Å². The van der Waals surface area contributed by atoms with Gasteiger partial charge in [-0.3, -0.25) is 9.69 Å². The normalized spacial score (nSPS) is 26.2. The van der Waals surface area contributed by atoms with Gasteiger partial charge in [0.1, 0.15) is 6.04 Å². The van der Waals surface area contributed by atoms with E-state index in [1.54, 1.807) is 11.3 Å². The molecule has 1 saturated heterocycles. The summed E-state index contributed by atoms with van der Waals surface area (Å²) in [6.07, 6.45) is 4.87. The highest BCUT2D eigenvalue weighted by Crippen LogP contribution is 2.43. The van der Waals surface area contributed by atoms with Crippen molar-refractivity contribution in [2.75, 3.05) is 26.2 Å². The molecule has 3 N–H and O–H groups in total. The first-order chi connectivity index (χ1) is 11.5. The van der Waals surface area contributed by atoms with Crippen LogP contribution in [0.1, 0.15) is 42.9 Å². The number of nitrogens with one attached hydrogen (secondary N) is 1. The van der Waals surface area contributed by atoms with Gasteiger partial charge < -0.3 is 15.5 Å². The minimum Gasteiger partial charge on any atom is -0.480 e. The van der Waals surface area contributed by atoms with Crippen LogP contribution in [-0.4, -0.2) is 58.9 Å². The highest BCUT2D eigenvalue weighted by molar-refractivity contribution is 9.10. The number of piperazine rings is 1. The molecule has 1 aliphatic carbocycles. The summed E-state index contributed by atoms with van der Waals surface area (Å²) in [6.45, 7) is 2.57. The van der Waals surface area contributed by atoms with Gasteiger partial charge in [-0.2, -0.15) is 0 Å². The molecular formula is C17H25BrN2O3S. The quantitative estimate of drug-likeness (QED) is 0.687. The van der Waals surface area contributed by atoms with Gasteiger partial charge in [-0.25, -0.2) is 0 Å². The van der Waals surface area contributed by atoms with E-state index in [2.05, 4.69) is 27.3 Å². The molecule has 2 fully saturated rings. The standard InChI is InChI=1S/C17H25BrN2O3S/c18-12-8-15(24-11-12)13(17(23)4-2-1-3-5-17)10-20-7-6-19-9-14(20)16(21)22/h8,11,13-14,19,23H,1-7,9-10H2,(H,21,22). The third-order valence-electron chi connectivity index (χ3n) is 5.36. The third kappa shape index (κ3) is 4.02. The Balaban J connectivity index is 1.85. The Morgan fingerprint density at radius 2 is 2.21 bits per heavy atom. The summed E-state index contributed by atoms with van der Waals surface area (Å²) in [5.74, 6) is -0.821. The molecule has 2 heterocycles. The largest absolute Gasteiger partial charge is 0.480 e. The lowest BCUT2D eigenvalue weighted by molar-refractivity contribution is -0.144. The Morgan fingerprint density at radius 1 is 1.46 bits per heavy atom. The molecule has 1 aromatic rings. The van der Waals surface area contributed by atoms with Crippen molar-refractivity contribution in [1.29, 1.82) is 0 Å². The monoisotopic (exact) mass is 416 g/mol. The van der Waals surface area contributed by atoms with Crippen molar-refractivity contribution >= 4 is 33.2 Å². The Kier molecular flexibility index (Phi) is 5.98. The summed E-state index contributed by atoms with van der Waals surface area (Å²) in [5, 5.41) is 26.1. The zero-order valence-corrected chi connectivity index (χ0v) is 16.1. The molecule has 0 bridgehead atoms. The summed E-state index contributed by atoms with van der Waals surface area (Å²) in [4.78, 5) is 14.8. The van der Waals surface area contributed by atoms with Gasteiger partial charge in [-0.1, -0.05) is 19.3 Å². The van der Waals surface area contributed by atoms with Crippen molar-refractivity contribution in [3.05, 3.63) is 20.8 Å². The molecule has 2 unspecified atom stereocenters. The van der Waals surface area contributed by atoms with Gasteiger partial charge in [-0.15, -0.1) is 11.3 Å². The first-order valence-corrected chi connectivity index (χ1v) is 10.3. The first kappa shape index (κ1) is 18.3. The number of carboxylic acids is 1. The van der Waals surface area contributed by atoms with E-state index < -0.39 is 17.6 Å². The Bertz CT molecular complexity index is 574. The van der Waals surface area contributed by atoms with Crippen LogP contribution in [-0.2, 0) is 4.79 Å². The zero-order chi connectivity index (χ0) is 17.2. The molecule has 1 aliphatic heterocycles. The average Bonchev–Trinajstić information content (AvgIpc) is 2.99. The fourth-order valence-electron chi connectivity index (χ4n) is 3.99. The average molecular weight is 417 g/mol. The van der Waals surface area contributed by atoms with Crippen molar-refractivity contribution in [2.45, 2.75) is 49.7 Å². The first-order valence-electron chi connectivity index (χ1n) is 8.63. The lowest BCUT2D eigenvalue weighted by atomic mass is 9.74. The molecule has 24 heavy (non-hydrogen) atoms. The van der Waals surface area contributed by atoms with Crippen molar-refractivity contribution in [3.63, 3.8) is 0 Å². The van der Waals surface area contributed by atoms with E-state index in [0.29, 0.717) is 19.6 Å². The Hall–Kier alpha value is -0.470. The molecule has 7 heteroatoms. The van der Waals surface area contributed by atoms with Crippen LogP contribution in [0.3, 0.4) is 0 Å². The van der Waals surface area contributed by atoms with Crippen molar-refractivity contribution < 1.29 is 15.0 Å². The highest BCUT2D eigenvalue weighted by atomic mass is 79.9. The van der Waals surface area contributed by atoms with Gasteiger partial charge in [0.25, 0.3) is 0 Å². The molecule has 0 radical (unpaired) electrons. The van der Waals surface area contributed by atoms with Crippen LogP contribution in [0, 0.1) is 0 Å². The Morgan fingerprint density at radius 3 is 2.83 bits per heavy atom. The fraction of sp³-hybridized carbons (Fsp3) is 0.706. The number of nitrogens with zero attached hydrogens (tertiary/aromatic N) is 1. The van der Waals surface area contributed by atoms with E-state index in [9.17, 15) is 15.0 Å². The predicted octanol–water partition coefficient (Wildman–Crippen LogP) is 2.65. The molecule has 5 nitrogen and oxygen atoms in total. The molecule has 1 aromatic heterocycles. The number of thiophene rings is 1. The second kappa shape index (κ2) is 7.83. The lowest BCUT2D eigenvalue weighted by Gasteiger charge is -2.43. The van der Waals surface area contributed by atoms with Crippen molar-refractivity contribution in [2.24, 2.45) is 0 Å². The predicted molar refractivity (Wildman–Crippen MR) is 98.7 cm³/mol. The zero-order valence-electron chi connectivity index (χ0n) is 13.7. The third-order valence-corrected chi connectivity index (χ3v) is 7.16. The second-order valence-corrected chi connectivity index (χ2v) is 8.80. The van der Waals surface area contributed by atoms with E-state index in [-0.39, 0.29) is 5.92 Å². The van der Waals surface area contributed by atoms with Gasteiger partial charge in [0.05, 0.1) is 5.60 Å². The summed E-state index contributed by atoms with van der Waals surface area (Å²) < 4.78 is 1.03. The van der Waals surface area contributed by atoms with E-state index in [0.717, 1.165) is 41.6 Å². The smallest absolute Gasteiger partial charge is 0.322 e. The van der Waals surface area contributed by atoms with E-state index >= 15 is 0 Å². The van der Waals surface area contributed by atoms with Crippen LogP contribution >= 0.6 is 27.3 Å². The van der Waals surface area contributed by atoms with Crippen LogP contribution in [0.4, 0.5) is 0 Å². The molecule has 1 saturated carbocycles.